The third-order valence-corrected chi connectivity index (χ3v) is 3.69. The number of halogens is 4. The Hall–Kier alpha value is -1.04. The first-order valence-electron chi connectivity index (χ1n) is 8.34. The van der Waals surface area contributed by atoms with E-state index in [1.54, 1.807) is 7.05 Å². The van der Waals surface area contributed by atoms with Crippen LogP contribution in [0.1, 0.15) is 38.4 Å². The van der Waals surface area contributed by atoms with Crippen molar-refractivity contribution in [2.24, 2.45) is 18.0 Å². The molecule has 6 nitrogen and oxygen atoms in total. The van der Waals surface area contributed by atoms with E-state index in [1.165, 1.54) is 13.2 Å². The van der Waals surface area contributed by atoms with Gasteiger partial charge in [-0.1, -0.05) is 13.8 Å². The molecule has 1 aromatic heterocycles. The fraction of sp³-hybridized carbons (Fsp3) is 0.750. The zero-order valence-corrected chi connectivity index (χ0v) is 18.2. The molecular weight excluding hydrogens is 462 g/mol. The highest BCUT2D eigenvalue weighted by molar-refractivity contribution is 14.0. The fourth-order valence-corrected chi connectivity index (χ4v) is 2.46. The van der Waals surface area contributed by atoms with E-state index >= 15 is 0 Å². The monoisotopic (exact) mass is 491 g/mol. The molecule has 0 saturated carbocycles. The van der Waals surface area contributed by atoms with E-state index in [2.05, 4.69) is 34.6 Å². The van der Waals surface area contributed by atoms with Gasteiger partial charge in [0.05, 0.1) is 6.10 Å². The van der Waals surface area contributed by atoms with Crippen LogP contribution in [0.3, 0.4) is 0 Å². The van der Waals surface area contributed by atoms with Crippen LogP contribution in [0.15, 0.2) is 11.2 Å². The molecule has 0 fully saturated rings. The van der Waals surface area contributed by atoms with Crippen LogP contribution in [0.2, 0.25) is 0 Å². The quantitative estimate of drug-likeness (QED) is 0.333. The summed E-state index contributed by atoms with van der Waals surface area (Å²) in [5.74, 6) is 0.831. The molecule has 1 unspecified atom stereocenters. The maximum absolute atomic E-state index is 12.9. The number of nitrogens with zero attached hydrogens (tertiary/aromatic N) is 3. The number of ether oxygens (including phenoxy) is 1. The zero-order chi connectivity index (χ0) is 19.0. The lowest BCUT2D eigenvalue weighted by molar-refractivity contribution is -0.142. The van der Waals surface area contributed by atoms with Gasteiger partial charge in [0.2, 0.25) is 0 Å². The van der Waals surface area contributed by atoms with Gasteiger partial charge in [-0.15, -0.1) is 24.0 Å². The normalized spacial score (nSPS) is 13.5. The number of nitrogens with one attached hydrogen (secondary N) is 2. The van der Waals surface area contributed by atoms with Gasteiger partial charge < -0.3 is 15.4 Å². The lowest BCUT2D eigenvalue weighted by Gasteiger charge is -2.21. The minimum atomic E-state index is -4.48. The molecule has 0 radical (unpaired) electrons. The highest BCUT2D eigenvalue weighted by Crippen LogP contribution is 2.30. The van der Waals surface area contributed by atoms with Crippen molar-refractivity contribution >= 4 is 29.9 Å². The van der Waals surface area contributed by atoms with Crippen LogP contribution in [-0.2, 0) is 24.5 Å². The molecule has 1 aromatic rings. The highest BCUT2D eigenvalue weighted by atomic mass is 127. The molecule has 0 bridgehead atoms. The SMILES string of the molecule is CCOC(CCNC(=NC)NCc1cn(C)nc1C(F)(F)F)C(C)C.I. The van der Waals surface area contributed by atoms with Crippen molar-refractivity contribution < 1.29 is 17.9 Å². The summed E-state index contributed by atoms with van der Waals surface area (Å²) in [5.41, 5.74) is -0.804. The van der Waals surface area contributed by atoms with Crippen molar-refractivity contribution in [3.05, 3.63) is 17.5 Å². The maximum atomic E-state index is 12.9. The van der Waals surface area contributed by atoms with Gasteiger partial charge in [-0.2, -0.15) is 18.3 Å². The Bertz CT molecular complexity index is 561. The van der Waals surface area contributed by atoms with Gasteiger partial charge in [-0.05, 0) is 19.3 Å². The summed E-state index contributed by atoms with van der Waals surface area (Å²) in [6.07, 6.45) is -2.21. The minimum absolute atomic E-state index is 0. The predicted molar refractivity (Wildman–Crippen MR) is 107 cm³/mol. The minimum Gasteiger partial charge on any atom is -0.378 e. The molecule has 0 aromatic carbocycles. The van der Waals surface area contributed by atoms with Crippen LogP contribution in [0, 0.1) is 5.92 Å². The summed E-state index contributed by atoms with van der Waals surface area (Å²) in [6, 6.07) is 0. The highest BCUT2D eigenvalue weighted by Gasteiger charge is 2.36. The molecule has 1 atom stereocenters. The van der Waals surface area contributed by atoms with Gasteiger partial charge in [0.25, 0.3) is 0 Å². The van der Waals surface area contributed by atoms with Gasteiger partial charge in [0.15, 0.2) is 11.7 Å². The Labute approximate surface area is 170 Å². The van der Waals surface area contributed by atoms with Gasteiger partial charge in [-0.25, -0.2) is 0 Å². The number of aryl methyl sites for hydroxylation is 1. The first kappa shape index (κ1) is 25.0. The largest absolute Gasteiger partial charge is 0.435 e. The number of guanidine groups is 1. The molecule has 10 heteroatoms. The smallest absolute Gasteiger partial charge is 0.378 e. The molecule has 0 aliphatic carbocycles. The summed E-state index contributed by atoms with van der Waals surface area (Å²) >= 11 is 0. The molecule has 152 valence electrons. The molecule has 1 heterocycles. The summed E-state index contributed by atoms with van der Waals surface area (Å²) in [7, 11) is 3.04. The number of hydrogen-bond acceptors (Lipinski definition) is 3. The molecular formula is C16H29F3IN5O. The number of aliphatic imine (C=N–C) groups is 1. The molecule has 0 spiro atoms. The van der Waals surface area contributed by atoms with Gasteiger partial charge in [0, 0.05) is 45.6 Å². The van der Waals surface area contributed by atoms with E-state index in [0.29, 0.717) is 25.0 Å². The van der Waals surface area contributed by atoms with Crippen LogP contribution in [0.4, 0.5) is 13.2 Å². The predicted octanol–water partition coefficient (Wildman–Crippen LogP) is 3.17. The molecule has 0 aliphatic rings. The average molecular weight is 491 g/mol. The third-order valence-electron chi connectivity index (χ3n) is 3.69. The Balaban J connectivity index is 0.00000625. The van der Waals surface area contributed by atoms with Gasteiger partial charge in [-0.3, -0.25) is 9.67 Å². The van der Waals surface area contributed by atoms with E-state index < -0.39 is 11.9 Å². The van der Waals surface area contributed by atoms with Crippen LogP contribution >= 0.6 is 24.0 Å². The van der Waals surface area contributed by atoms with Gasteiger partial charge in [0.1, 0.15) is 0 Å². The Morgan fingerprint density at radius 1 is 1.35 bits per heavy atom. The summed E-state index contributed by atoms with van der Waals surface area (Å²) in [5, 5.41) is 9.48. The summed E-state index contributed by atoms with van der Waals surface area (Å²) in [4.78, 5) is 4.03. The standard InChI is InChI=1S/C16H28F3N5O.HI/c1-6-25-13(11(2)3)7-8-21-15(20-4)22-9-12-10-24(5)23-14(12)16(17,18)19;/h10-11,13H,6-9H2,1-5H3,(H2,20,21,22);1H. The molecule has 0 amide bonds. The molecule has 0 aliphatic heterocycles. The van der Waals surface area contributed by atoms with Crippen LogP contribution in [-0.4, -0.2) is 42.0 Å². The number of alkyl halides is 3. The van der Waals surface area contributed by atoms with E-state index in [9.17, 15) is 13.2 Å². The van der Waals surface area contributed by atoms with Crippen LogP contribution in [0.5, 0.6) is 0 Å². The molecule has 26 heavy (non-hydrogen) atoms. The maximum Gasteiger partial charge on any atom is 0.435 e. The van der Waals surface area contributed by atoms with Crippen molar-refractivity contribution in [3.63, 3.8) is 0 Å². The van der Waals surface area contributed by atoms with Crippen LogP contribution in [0.25, 0.3) is 0 Å². The lowest BCUT2D eigenvalue weighted by Crippen LogP contribution is -2.39. The Kier molecular flexibility index (Phi) is 11.2. The first-order chi connectivity index (χ1) is 11.7. The molecule has 1 rings (SSSR count). The van der Waals surface area contributed by atoms with E-state index in [-0.39, 0.29) is 42.2 Å². The van der Waals surface area contributed by atoms with Crippen molar-refractivity contribution in [1.29, 1.82) is 0 Å². The number of hydrogen-bond donors (Lipinski definition) is 2. The van der Waals surface area contributed by atoms with Crippen molar-refractivity contribution in [1.82, 2.24) is 20.4 Å². The summed E-state index contributed by atoms with van der Waals surface area (Å²) < 4.78 is 45.7. The van der Waals surface area contributed by atoms with E-state index in [1.807, 2.05) is 6.92 Å². The topological polar surface area (TPSA) is 63.5 Å². The van der Waals surface area contributed by atoms with Crippen molar-refractivity contribution in [3.8, 4) is 0 Å². The fourth-order valence-electron chi connectivity index (χ4n) is 2.46. The van der Waals surface area contributed by atoms with Crippen molar-refractivity contribution in [2.75, 3.05) is 20.2 Å². The Morgan fingerprint density at radius 2 is 2.00 bits per heavy atom. The second-order valence-corrected chi connectivity index (χ2v) is 6.05. The van der Waals surface area contributed by atoms with E-state index in [4.69, 9.17) is 4.74 Å². The Morgan fingerprint density at radius 3 is 2.50 bits per heavy atom. The van der Waals surface area contributed by atoms with Crippen molar-refractivity contribution in [2.45, 2.75) is 46.0 Å². The third kappa shape index (κ3) is 8.11. The van der Waals surface area contributed by atoms with Gasteiger partial charge >= 0.3 is 6.18 Å². The average Bonchev–Trinajstić information content (AvgIpc) is 2.90. The second kappa shape index (κ2) is 11.6. The number of rotatable bonds is 8. The molecule has 0 saturated heterocycles. The van der Waals surface area contributed by atoms with E-state index in [0.717, 1.165) is 11.1 Å². The summed E-state index contributed by atoms with van der Waals surface area (Å²) in [6.45, 7) is 7.39. The lowest BCUT2D eigenvalue weighted by atomic mass is 10.0. The second-order valence-electron chi connectivity index (χ2n) is 6.05. The van der Waals surface area contributed by atoms with Crippen LogP contribution < -0.4 is 10.6 Å². The zero-order valence-electron chi connectivity index (χ0n) is 15.9. The molecule has 2 N–H and O–H groups in total. The first-order valence-corrected chi connectivity index (χ1v) is 8.34. The number of aromatic nitrogens is 2.